The number of anilines is 1. The molecule has 2 rings (SSSR count). The van der Waals surface area contributed by atoms with Crippen molar-refractivity contribution < 1.29 is 0 Å². The van der Waals surface area contributed by atoms with Crippen LogP contribution < -0.4 is 5.73 Å². The summed E-state index contributed by atoms with van der Waals surface area (Å²) in [5, 5.41) is 2.41. The van der Waals surface area contributed by atoms with Crippen molar-refractivity contribution in [3.05, 3.63) is 41.5 Å². The Morgan fingerprint density at radius 2 is 2.00 bits per heavy atom. The van der Waals surface area contributed by atoms with Gasteiger partial charge in [0.1, 0.15) is 0 Å². The van der Waals surface area contributed by atoms with Gasteiger partial charge in [0, 0.05) is 11.1 Å². The molecule has 0 bridgehead atoms. The molecule has 1 heteroatoms. The molecule has 0 saturated heterocycles. The van der Waals surface area contributed by atoms with Gasteiger partial charge >= 0.3 is 0 Å². The molecule has 14 heavy (non-hydrogen) atoms. The van der Waals surface area contributed by atoms with Gasteiger partial charge < -0.3 is 5.73 Å². The summed E-state index contributed by atoms with van der Waals surface area (Å²) >= 11 is 0. The molecule has 0 heterocycles. The SMILES string of the molecule is CCc1cc2cccc(N)c2cc1C. The summed E-state index contributed by atoms with van der Waals surface area (Å²) < 4.78 is 0. The first kappa shape index (κ1) is 9.07. The third-order valence-corrected chi connectivity index (χ3v) is 2.75. The van der Waals surface area contributed by atoms with Crippen molar-refractivity contribution in [2.45, 2.75) is 20.3 Å². The van der Waals surface area contributed by atoms with E-state index in [4.69, 9.17) is 5.73 Å². The number of aryl methyl sites for hydroxylation is 2. The summed E-state index contributed by atoms with van der Waals surface area (Å²) in [6, 6.07) is 10.5. The Balaban J connectivity index is 2.79. The molecule has 0 amide bonds. The number of rotatable bonds is 1. The second-order valence-corrected chi connectivity index (χ2v) is 3.70. The lowest BCUT2D eigenvalue weighted by Crippen LogP contribution is -1.90. The van der Waals surface area contributed by atoms with Gasteiger partial charge in [-0.05, 0) is 42.0 Å². The second kappa shape index (κ2) is 3.33. The van der Waals surface area contributed by atoms with E-state index in [1.165, 1.54) is 21.9 Å². The van der Waals surface area contributed by atoms with E-state index in [2.05, 4.69) is 32.0 Å². The molecule has 0 aromatic heterocycles. The minimum Gasteiger partial charge on any atom is -0.398 e. The Hall–Kier alpha value is -1.50. The Morgan fingerprint density at radius 1 is 1.21 bits per heavy atom. The number of fused-ring (bicyclic) bond motifs is 1. The zero-order chi connectivity index (χ0) is 10.1. The van der Waals surface area contributed by atoms with E-state index in [1.807, 2.05) is 12.1 Å². The molecule has 0 aliphatic heterocycles. The van der Waals surface area contributed by atoms with Gasteiger partial charge in [-0.3, -0.25) is 0 Å². The normalized spacial score (nSPS) is 10.7. The summed E-state index contributed by atoms with van der Waals surface area (Å²) in [5.41, 5.74) is 9.52. The summed E-state index contributed by atoms with van der Waals surface area (Å²) in [6.07, 6.45) is 1.08. The van der Waals surface area contributed by atoms with E-state index in [0.29, 0.717) is 0 Å². The fraction of sp³-hybridized carbons (Fsp3) is 0.231. The molecule has 0 saturated carbocycles. The van der Waals surface area contributed by atoms with Crippen LogP contribution in [0.1, 0.15) is 18.1 Å². The molecule has 0 spiro atoms. The fourth-order valence-corrected chi connectivity index (χ4v) is 1.89. The van der Waals surface area contributed by atoms with Crippen LogP contribution in [-0.4, -0.2) is 0 Å². The van der Waals surface area contributed by atoms with Crippen molar-refractivity contribution in [3.8, 4) is 0 Å². The van der Waals surface area contributed by atoms with Crippen LogP contribution in [0.3, 0.4) is 0 Å². The lowest BCUT2D eigenvalue weighted by molar-refractivity contribution is 1.12. The molecule has 0 atom stereocenters. The van der Waals surface area contributed by atoms with Crippen LogP contribution in [0.15, 0.2) is 30.3 Å². The minimum absolute atomic E-state index is 0.869. The van der Waals surface area contributed by atoms with Gasteiger partial charge in [-0.2, -0.15) is 0 Å². The largest absolute Gasteiger partial charge is 0.398 e. The molecule has 1 nitrogen and oxygen atoms in total. The van der Waals surface area contributed by atoms with Gasteiger partial charge in [0.15, 0.2) is 0 Å². The van der Waals surface area contributed by atoms with E-state index in [1.54, 1.807) is 0 Å². The first-order valence-electron chi connectivity index (χ1n) is 5.00. The van der Waals surface area contributed by atoms with Crippen LogP contribution in [0.25, 0.3) is 10.8 Å². The van der Waals surface area contributed by atoms with Crippen LogP contribution in [0.2, 0.25) is 0 Å². The van der Waals surface area contributed by atoms with E-state index in [9.17, 15) is 0 Å². The summed E-state index contributed by atoms with van der Waals surface area (Å²) in [4.78, 5) is 0. The van der Waals surface area contributed by atoms with Crippen molar-refractivity contribution in [3.63, 3.8) is 0 Å². The third-order valence-electron chi connectivity index (χ3n) is 2.75. The quantitative estimate of drug-likeness (QED) is 0.678. The molecule has 0 radical (unpaired) electrons. The predicted octanol–water partition coefficient (Wildman–Crippen LogP) is 3.29. The van der Waals surface area contributed by atoms with Crippen LogP contribution in [0.4, 0.5) is 5.69 Å². The summed E-state index contributed by atoms with van der Waals surface area (Å²) in [5.74, 6) is 0. The van der Waals surface area contributed by atoms with Crippen molar-refractivity contribution in [2.75, 3.05) is 5.73 Å². The molecular weight excluding hydrogens is 170 g/mol. The lowest BCUT2D eigenvalue weighted by atomic mass is 9.99. The van der Waals surface area contributed by atoms with Gasteiger partial charge in [0.05, 0.1) is 0 Å². The first-order chi connectivity index (χ1) is 6.72. The van der Waals surface area contributed by atoms with E-state index >= 15 is 0 Å². The molecule has 2 N–H and O–H groups in total. The number of nitrogen functional groups attached to an aromatic ring is 1. The average Bonchev–Trinajstić information content (AvgIpc) is 2.19. The van der Waals surface area contributed by atoms with E-state index in [-0.39, 0.29) is 0 Å². The maximum atomic E-state index is 5.92. The molecule has 0 fully saturated rings. The molecular formula is C13H15N. The molecule has 0 unspecified atom stereocenters. The Bertz CT molecular complexity index is 472. The molecule has 2 aromatic carbocycles. The topological polar surface area (TPSA) is 26.0 Å². The maximum absolute atomic E-state index is 5.92. The fourth-order valence-electron chi connectivity index (χ4n) is 1.89. The van der Waals surface area contributed by atoms with Gasteiger partial charge in [-0.25, -0.2) is 0 Å². The molecule has 0 aliphatic carbocycles. The van der Waals surface area contributed by atoms with Gasteiger partial charge in [0.25, 0.3) is 0 Å². The Kier molecular flexibility index (Phi) is 2.16. The standard InChI is InChI=1S/C13H15N/c1-3-10-8-11-5-4-6-13(14)12(11)7-9(10)2/h4-8H,3,14H2,1-2H3. The van der Waals surface area contributed by atoms with Crippen LogP contribution in [-0.2, 0) is 6.42 Å². The monoisotopic (exact) mass is 185 g/mol. The highest BCUT2D eigenvalue weighted by Gasteiger charge is 2.01. The van der Waals surface area contributed by atoms with Crippen molar-refractivity contribution >= 4 is 16.5 Å². The van der Waals surface area contributed by atoms with Gasteiger partial charge in [0.2, 0.25) is 0 Å². The van der Waals surface area contributed by atoms with Gasteiger partial charge in [-0.15, -0.1) is 0 Å². The van der Waals surface area contributed by atoms with Crippen molar-refractivity contribution in [1.82, 2.24) is 0 Å². The number of nitrogens with two attached hydrogens (primary N) is 1. The number of hydrogen-bond donors (Lipinski definition) is 1. The van der Waals surface area contributed by atoms with Crippen LogP contribution in [0, 0.1) is 6.92 Å². The Morgan fingerprint density at radius 3 is 2.71 bits per heavy atom. The highest BCUT2D eigenvalue weighted by Crippen LogP contribution is 2.24. The van der Waals surface area contributed by atoms with Crippen molar-refractivity contribution in [1.29, 1.82) is 0 Å². The highest BCUT2D eigenvalue weighted by molar-refractivity contribution is 5.93. The molecule has 0 aliphatic rings. The smallest absolute Gasteiger partial charge is 0.0393 e. The Labute approximate surface area is 84.5 Å². The third kappa shape index (κ3) is 1.35. The summed E-state index contributed by atoms with van der Waals surface area (Å²) in [6.45, 7) is 4.32. The lowest BCUT2D eigenvalue weighted by Gasteiger charge is -2.07. The van der Waals surface area contributed by atoms with Crippen LogP contribution >= 0.6 is 0 Å². The van der Waals surface area contributed by atoms with E-state index < -0.39 is 0 Å². The molecule has 2 aromatic rings. The first-order valence-corrected chi connectivity index (χ1v) is 5.00. The van der Waals surface area contributed by atoms with E-state index in [0.717, 1.165) is 12.1 Å². The minimum atomic E-state index is 0.869. The highest BCUT2D eigenvalue weighted by atomic mass is 14.5. The number of benzene rings is 2. The zero-order valence-corrected chi connectivity index (χ0v) is 8.67. The zero-order valence-electron chi connectivity index (χ0n) is 8.67. The number of hydrogen-bond acceptors (Lipinski definition) is 1. The van der Waals surface area contributed by atoms with Crippen LogP contribution in [0.5, 0.6) is 0 Å². The average molecular weight is 185 g/mol. The second-order valence-electron chi connectivity index (χ2n) is 3.70. The predicted molar refractivity (Wildman–Crippen MR) is 62.5 cm³/mol. The summed E-state index contributed by atoms with van der Waals surface area (Å²) in [7, 11) is 0. The molecule has 72 valence electrons. The van der Waals surface area contributed by atoms with Crippen molar-refractivity contribution in [2.24, 2.45) is 0 Å². The van der Waals surface area contributed by atoms with Gasteiger partial charge in [-0.1, -0.05) is 25.1 Å². The maximum Gasteiger partial charge on any atom is 0.0393 e.